The summed E-state index contributed by atoms with van der Waals surface area (Å²) in [6.07, 6.45) is 0. The smallest absolute Gasteiger partial charge is 0.469 e. The lowest BCUT2D eigenvalue weighted by Gasteiger charge is -2.07. The van der Waals surface area contributed by atoms with E-state index >= 15 is 0 Å². The van der Waals surface area contributed by atoms with Crippen molar-refractivity contribution in [3.05, 3.63) is 0 Å². The average molecular weight is 283 g/mol. The van der Waals surface area contributed by atoms with E-state index in [0.717, 1.165) is 0 Å². The highest BCUT2D eigenvalue weighted by molar-refractivity contribution is 7.46. The Kier molecular flexibility index (Phi) is 7.96. The van der Waals surface area contributed by atoms with Gasteiger partial charge in [-0.3, -0.25) is 9.32 Å². The van der Waals surface area contributed by atoms with Gasteiger partial charge in [-0.05, 0) is 0 Å². The molecule has 8 N–H and O–H groups in total. The maximum absolute atomic E-state index is 9.98. The summed E-state index contributed by atoms with van der Waals surface area (Å²) in [6, 6.07) is -1.41. The molecule has 0 aliphatic carbocycles. The molecule has 98 valence electrons. The first-order valence-electron chi connectivity index (χ1n) is 3.29. The zero-order chi connectivity index (χ0) is 13.6. The molecular weight excluding hydrogens is 272 g/mol. The quantitative estimate of drug-likeness (QED) is 0.270. The van der Waals surface area contributed by atoms with E-state index in [2.05, 4.69) is 4.52 Å². The van der Waals surface area contributed by atoms with E-state index in [-0.39, 0.29) is 0 Å². The summed E-state index contributed by atoms with van der Waals surface area (Å²) in [5.74, 6) is -1.38. The van der Waals surface area contributed by atoms with Crippen molar-refractivity contribution in [3.8, 4) is 0 Å². The minimum Gasteiger partial charge on any atom is -0.480 e. The molecule has 0 aromatic rings. The van der Waals surface area contributed by atoms with Crippen LogP contribution in [0.5, 0.6) is 0 Å². The lowest BCUT2D eigenvalue weighted by Crippen LogP contribution is -2.34. The Morgan fingerprint density at radius 1 is 1.19 bits per heavy atom. The van der Waals surface area contributed by atoms with Gasteiger partial charge in [0.1, 0.15) is 6.04 Å². The van der Waals surface area contributed by atoms with Gasteiger partial charge in [0.05, 0.1) is 6.61 Å². The highest BCUT2D eigenvalue weighted by Crippen LogP contribution is 2.35. The predicted octanol–water partition coefficient (Wildman–Crippen LogP) is -2.42. The third-order valence-electron chi connectivity index (χ3n) is 0.739. The number of carboxylic acids is 1. The third-order valence-corrected chi connectivity index (χ3v) is 1.22. The minimum absolute atomic E-state index is 0.709. The van der Waals surface area contributed by atoms with Crippen molar-refractivity contribution in [3.63, 3.8) is 0 Å². The van der Waals surface area contributed by atoms with Gasteiger partial charge in [0.25, 0.3) is 0 Å². The van der Waals surface area contributed by atoms with E-state index in [1.54, 1.807) is 0 Å². The molecule has 0 spiro atoms. The van der Waals surface area contributed by atoms with Gasteiger partial charge in [-0.1, -0.05) is 0 Å². The van der Waals surface area contributed by atoms with Gasteiger partial charge >= 0.3 is 21.6 Å². The van der Waals surface area contributed by atoms with E-state index in [9.17, 15) is 9.36 Å². The summed E-state index contributed by atoms with van der Waals surface area (Å²) < 4.78 is 22.7. The second kappa shape index (κ2) is 7.07. The summed E-state index contributed by atoms with van der Waals surface area (Å²) in [5.41, 5.74) is 4.86. The van der Waals surface area contributed by atoms with Crippen LogP contribution < -0.4 is 5.73 Å². The monoisotopic (exact) mass is 283 g/mol. The van der Waals surface area contributed by atoms with Gasteiger partial charge in [-0.25, -0.2) is 9.13 Å². The van der Waals surface area contributed by atoms with E-state index < -0.39 is 34.3 Å². The molecule has 0 saturated carbocycles. The van der Waals surface area contributed by atoms with Crippen molar-refractivity contribution in [1.82, 2.24) is 0 Å². The molecule has 0 radical (unpaired) electrons. The second-order valence-corrected chi connectivity index (χ2v) is 4.51. The zero-order valence-electron chi connectivity index (χ0n) is 7.57. The first-order chi connectivity index (χ1) is 6.83. The first kappa shape index (κ1) is 18.0. The van der Waals surface area contributed by atoms with Crippen LogP contribution >= 0.6 is 15.6 Å². The summed E-state index contributed by atoms with van der Waals surface area (Å²) in [4.78, 5) is 47.7. The molecule has 13 heteroatoms. The number of phosphoric ester groups is 1. The van der Waals surface area contributed by atoms with Crippen LogP contribution in [0.15, 0.2) is 0 Å². The number of nitrogens with two attached hydrogens (primary N) is 1. The van der Waals surface area contributed by atoms with Crippen LogP contribution in [0.3, 0.4) is 0 Å². The van der Waals surface area contributed by atoms with E-state index in [1.807, 2.05) is 0 Å². The number of carboxylic acid groups (broad SMARTS) is 1. The zero-order valence-corrected chi connectivity index (χ0v) is 9.36. The maximum Gasteiger partial charge on any atom is 0.469 e. The second-order valence-electron chi connectivity index (χ2n) is 2.24. The summed E-state index contributed by atoms with van der Waals surface area (Å²) in [5, 5.41) is 8.12. The standard InChI is InChI=1S/C3H8NO6P.H3O4P/c4-2(3(5)6)1-10-11(7,8)9;1-5(2,3)4/h2H,1,4H2,(H,5,6)(H2,7,8,9);(H3,1,2,3,4). The number of hydrogen-bond acceptors (Lipinski definition) is 5. The Morgan fingerprint density at radius 3 is 1.69 bits per heavy atom. The van der Waals surface area contributed by atoms with Crippen molar-refractivity contribution in [2.24, 2.45) is 5.73 Å². The van der Waals surface area contributed by atoms with Crippen molar-refractivity contribution in [2.75, 3.05) is 6.61 Å². The Hall–Kier alpha value is -0.350. The molecule has 0 amide bonds. The van der Waals surface area contributed by atoms with Crippen LogP contribution in [-0.2, 0) is 18.4 Å². The molecule has 0 heterocycles. The van der Waals surface area contributed by atoms with E-state index in [1.165, 1.54) is 0 Å². The van der Waals surface area contributed by atoms with Gasteiger partial charge in [0, 0.05) is 0 Å². The van der Waals surface area contributed by atoms with Crippen molar-refractivity contribution in [2.45, 2.75) is 6.04 Å². The molecule has 0 saturated heterocycles. The van der Waals surface area contributed by atoms with Crippen molar-refractivity contribution in [1.29, 1.82) is 0 Å². The molecule has 11 nitrogen and oxygen atoms in total. The van der Waals surface area contributed by atoms with Gasteiger partial charge in [-0.15, -0.1) is 0 Å². The Balaban J connectivity index is 0. The number of hydrogen-bond donors (Lipinski definition) is 7. The van der Waals surface area contributed by atoms with Crippen molar-refractivity contribution >= 4 is 21.6 Å². The number of rotatable bonds is 4. The minimum atomic E-state index is -4.64. The average Bonchev–Trinajstić information content (AvgIpc) is 1.95. The fraction of sp³-hybridized carbons (Fsp3) is 0.667. The molecule has 0 aliphatic heterocycles. The van der Waals surface area contributed by atoms with Gasteiger partial charge < -0.3 is 35.3 Å². The summed E-state index contributed by atoms with van der Waals surface area (Å²) >= 11 is 0. The fourth-order valence-electron chi connectivity index (χ4n) is 0.249. The van der Waals surface area contributed by atoms with Crippen LogP contribution in [0, 0.1) is 0 Å². The van der Waals surface area contributed by atoms with Crippen LogP contribution in [0.25, 0.3) is 0 Å². The molecule has 0 fully saturated rings. The third kappa shape index (κ3) is 23.5. The number of aliphatic carboxylic acids is 1. The largest absolute Gasteiger partial charge is 0.480 e. The first-order valence-corrected chi connectivity index (χ1v) is 6.39. The highest BCUT2D eigenvalue weighted by atomic mass is 31.2. The summed E-state index contributed by atoms with van der Waals surface area (Å²) in [6.45, 7) is -0.709. The summed E-state index contributed by atoms with van der Waals surface area (Å²) in [7, 11) is -9.24. The van der Waals surface area contributed by atoms with Crippen LogP contribution in [-0.4, -0.2) is 48.2 Å². The molecule has 0 aliphatic rings. The lowest BCUT2D eigenvalue weighted by atomic mass is 10.3. The van der Waals surface area contributed by atoms with Gasteiger partial charge in [0.15, 0.2) is 0 Å². The fourth-order valence-corrected chi connectivity index (χ4v) is 0.603. The van der Waals surface area contributed by atoms with Crippen LogP contribution in [0.1, 0.15) is 0 Å². The molecule has 0 aromatic carbocycles. The molecule has 1 atom stereocenters. The SMILES string of the molecule is NC(COP(=O)(O)O)C(=O)O.O=P(O)(O)O. The highest BCUT2D eigenvalue weighted by Gasteiger charge is 2.19. The van der Waals surface area contributed by atoms with Gasteiger partial charge in [-0.2, -0.15) is 0 Å². The van der Waals surface area contributed by atoms with E-state index in [0.29, 0.717) is 0 Å². The molecule has 16 heavy (non-hydrogen) atoms. The Morgan fingerprint density at radius 2 is 1.50 bits per heavy atom. The predicted molar refractivity (Wildman–Crippen MR) is 47.9 cm³/mol. The topological polar surface area (TPSA) is 208 Å². The Labute approximate surface area is 89.0 Å². The molecule has 1 unspecified atom stereocenters. The normalized spacial score (nSPS) is 13.6. The number of carbonyl (C=O) groups is 1. The lowest BCUT2D eigenvalue weighted by molar-refractivity contribution is -0.139. The van der Waals surface area contributed by atoms with Crippen molar-refractivity contribution < 1.29 is 48.0 Å². The number of phosphoric acid groups is 2. The molecule has 0 bridgehead atoms. The van der Waals surface area contributed by atoms with Gasteiger partial charge in [0.2, 0.25) is 0 Å². The maximum atomic E-state index is 9.98. The van der Waals surface area contributed by atoms with Crippen LogP contribution in [0.2, 0.25) is 0 Å². The Bertz CT molecular complexity index is 295. The molecule has 0 rings (SSSR count). The molecule has 0 aromatic heterocycles. The van der Waals surface area contributed by atoms with E-state index in [4.69, 9.17) is 39.9 Å². The molecular formula is C3H11NO10P2. The van der Waals surface area contributed by atoms with Crippen LogP contribution in [0.4, 0.5) is 0 Å².